The molecule has 2 heteroatoms. The van der Waals surface area contributed by atoms with E-state index >= 15 is 0 Å². The average Bonchev–Trinajstić information content (AvgIpc) is 2.21. The summed E-state index contributed by atoms with van der Waals surface area (Å²) in [5, 5.41) is 7.18. The quantitative estimate of drug-likeness (QED) is 0.679. The first-order valence-corrected chi connectivity index (χ1v) is 4.34. The Balaban J connectivity index is 3.08. The summed E-state index contributed by atoms with van der Waals surface area (Å²) in [5.41, 5.74) is 8.46. The molecule has 0 heterocycles. The zero-order valence-corrected chi connectivity index (χ0v) is 7.75. The molecule has 1 aromatic rings. The predicted molar refractivity (Wildman–Crippen MR) is 56.6 cm³/mol. The molecular formula is C11H14N2. The molecule has 0 aromatic heterocycles. The summed E-state index contributed by atoms with van der Waals surface area (Å²) >= 11 is 0. The maximum absolute atomic E-state index is 7.18. The highest BCUT2D eigenvalue weighted by molar-refractivity contribution is 5.88. The van der Waals surface area contributed by atoms with E-state index in [1.807, 2.05) is 37.3 Å². The van der Waals surface area contributed by atoms with Crippen molar-refractivity contribution in [2.45, 2.75) is 13.3 Å². The minimum Gasteiger partial charge on any atom is -0.398 e. The van der Waals surface area contributed by atoms with Crippen LogP contribution in [0.15, 0.2) is 35.9 Å². The van der Waals surface area contributed by atoms with E-state index in [0.717, 1.165) is 17.6 Å². The van der Waals surface area contributed by atoms with Gasteiger partial charge < -0.3 is 11.1 Å². The van der Waals surface area contributed by atoms with E-state index in [-0.39, 0.29) is 0 Å². The fourth-order valence-electron chi connectivity index (χ4n) is 1.17. The third kappa shape index (κ3) is 2.18. The van der Waals surface area contributed by atoms with Crippen LogP contribution in [0.25, 0.3) is 5.70 Å². The molecule has 3 N–H and O–H groups in total. The van der Waals surface area contributed by atoms with Crippen LogP contribution in [0, 0.1) is 5.41 Å². The largest absolute Gasteiger partial charge is 0.398 e. The highest BCUT2D eigenvalue weighted by atomic mass is 14.6. The summed E-state index contributed by atoms with van der Waals surface area (Å²) in [6, 6.07) is 9.74. The number of rotatable bonds is 3. The van der Waals surface area contributed by atoms with Gasteiger partial charge in [0, 0.05) is 11.9 Å². The molecule has 0 amide bonds. The zero-order valence-electron chi connectivity index (χ0n) is 7.75. The SMILES string of the molecule is CC/C(C=N)=C(/N)c1ccccc1. The first kappa shape index (κ1) is 9.52. The van der Waals surface area contributed by atoms with E-state index in [0.29, 0.717) is 5.70 Å². The van der Waals surface area contributed by atoms with Crippen LogP contribution in [0.3, 0.4) is 0 Å². The van der Waals surface area contributed by atoms with Gasteiger partial charge in [0.25, 0.3) is 0 Å². The van der Waals surface area contributed by atoms with Gasteiger partial charge in [-0.2, -0.15) is 0 Å². The molecule has 0 unspecified atom stereocenters. The number of hydrogen-bond donors (Lipinski definition) is 2. The van der Waals surface area contributed by atoms with E-state index in [1.54, 1.807) is 0 Å². The van der Waals surface area contributed by atoms with Crippen molar-refractivity contribution in [2.24, 2.45) is 5.73 Å². The zero-order chi connectivity index (χ0) is 9.68. The van der Waals surface area contributed by atoms with Gasteiger partial charge in [0.05, 0.1) is 0 Å². The van der Waals surface area contributed by atoms with Crippen LogP contribution >= 0.6 is 0 Å². The van der Waals surface area contributed by atoms with Crippen LogP contribution in [0.1, 0.15) is 18.9 Å². The number of hydrogen-bond acceptors (Lipinski definition) is 2. The fourth-order valence-corrected chi connectivity index (χ4v) is 1.17. The predicted octanol–water partition coefficient (Wildman–Crippen LogP) is 2.42. The lowest BCUT2D eigenvalue weighted by Crippen LogP contribution is -2.01. The Bertz CT molecular complexity index is 312. The Hall–Kier alpha value is -1.57. The molecule has 0 aliphatic carbocycles. The lowest BCUT2D eigenvalue weighted by atomic mass is 10.1. The molecule has 68 valence electrons. The van der Waals surface area contributed by atoms with Crippen LogP contribution in [-0.2, 0) is 0 Å². The minimum absolute atomic E-state index is 0.707. The third-order valence-corrected chi connectivity index (χ3v) is 1.99. The van der Waals surface area contributed by atoms with E-state index in [2.05, 4.69) is 0 Å². The van der Waals surface area contributed by atoms with Gasteiger partial charge in [-0.15, -0.1) is 0 Å². The average molecular weight is 174 g/mol. The van der Waals surface area contributed by atoms with Crippen molar-refractivity contribution in [3.8, 4) is 0 Å². The van der Waals surface area contributed by atoms with Crippen LogP contribution < -0.4 is 5.73 Å². The van der Waals surface area contributed by atoms with Crippen LogP contribution in [-0.4, -0.2) is 6.21 Å². The fraction of sp³-hybridized carbons (Fsp3) is 0.182. The Morgan fingerprint density at radius 3 is 2.46 bits per heavy atom. The summed E-state index contributed by atoms with van der Waals surface area (Å²) in [4.78, 5) is 0. The van der Waals surface area contributed by atoms with Crippen molar-refractivity contribution < 1.29 is 0 Å². The molecule has 0 spiro atoms. The second-order valence-electron chi connectivity index (χ2n) is 2.80. The molecule has 1 aromatic carbocycles. The van der Waals surface area contributed by atoms with E-state index in [1.165, 1.54) is 6.21 Å². The summed E-state index contributed by atoms with van der Waals surface area (Å²) < 4.78 is 0. The third-order valence-electron chi connectivity index (χ3n) is 1.99. The summed E-state index contributed by atoms with van der Waals surface area (Å²) in [5.74, 6) is 0. The minimum atomic E-state index is 0.707. The Kier molecular flexibility index (Phi) is 3.26. The molecule has 0 aliphatic heterocycles. The van der Waals surface area contributed by atoms with E-state index < -0.39 is 0 Å². The summed E-state index contributed by atoms with van der Waals surface area (Å²) in [6.45, 7) is 2.00. The second kappa shape index (κ2) is 4.45. The van der Waals surface area contributed by atoms with Gasteiger partial charge in [-0.25, -0.2) is 0 Å². The van der Waals surface area contributed by atoms with Crippen LogP contribution in [0.2, 0.25) is 0 Å². The van der Waals surface area contributed by atoms with Crippen molar-refractivity contribution in [3.05, 3.63) is 41.5 Å². The van der Waals surface area contributed by atoms with Gasteiger partial charge in [-0.3, -0.25) is 0 Å². The lowest BCUT2D eigenvalue weighted by Gasteiger charge is -2.05. The summed E-state index contributed by atoms with van der Waals surface area (Å²) in [7, 11) is 0. The molecule has 1 rings (SSSR count). The van der Waals surface area contributed by atoms with E-state index in [4.69, 9.17) is 11.1 Å². The molecular weight excluding hydrogens is 160 g/mol. The first-order chi connectivity index (χ1) is 6.29. The van der Waals surface area contributed by atoms with Crippen molar-refractivity contribution in [2.75, 3.05) is 0 Å². The van der Waals surface area contributed by atoms with Crippen LogP contribution in [0.5, 0.6) is 0 Å². The second-order valence-corrected chi connectivity index (χ2v) is 2.80. The smallest absolute Gasteiger partial charge is 0.0435 e. The number of nitrogens with two attached hydrogens (primary N) is 1. The first-order valence-electron chi connectivity index (χ1n) is 4.34. The molecule has 2 nitrogen and oxygen atoms in total. The van der Waals surface area contributed by atoms with Gasteiger partial charge in [0.2, 0.25) is 0 Å². The van der Waals surface area contributed by atoms with Crippen molar-refractivity contribution in [1.82, 2.24) is 0 Å². The standard InChI is InChI=1S/C11H14N2/c1-2-9(8-12)11(13)10-6-4-3-5-7-10/h3-8,12H,2,13H2,1H3/b11-9-,12-8?. The molecule has 0 bridgehead atoms. The van der Waals surface area contributed by atoms with Gasteiger partial charge in [-0.1, -0.05) is 37.3 Å². The normalized spacial score (nSPS) is 12.1. The van der Waals surface area contributed by atoms with E-state index in [9.17, 15) is 0 Å². The molecule has 0 saturated carbocycles. The maximum Gasteiger partial charge on any atom is 0.0435 e. The monoisotopic (exact) mass is 174 g/mol. The molecule has 0 saturated heterocycles. The van der Waals surface area contributed by atoms with Crippen molar-refractivity contribution in [1.29, 1.82) is 5.41 Å². The van der Waals surface area contributed by atoms with Gasteiger partial charge in [-0.05, 0) is 17.6 Å². The molecule has 0 atom stereocenters. The van der Waals surface area contributed by atoms with Crippen molar-refractivity contribution in [3.63, 3.8) is 0 Å². The highest BCUT2D eigenvalue weighted by Crippen LogP contribution is 2.13. The van der Waals surface area contributed by atoms with Crippen molar-refractivity contribution >= 4 is 11.9 Å². The Morgan fingerprint density at radius 2 is 2.00 bits per heavy atom. The number of benzene rings is 1. The van der Waals surface area contributed by atoms with Crippen LogP contribution in [0.4, 0.5) is 0 Å². The molecule has 0 aliphatic rings. The highest BCUT2D eigenvalue weighted by Gasteiger charge is 2.00. The topological polar surface area (TPSA) is 49.9 Å². The Morgan fingerprint density at radius 1 is 1.38 bits per heavy atom. The maximum atomic E-state index is 7.18. The van der Waals surface area contributed by atoms with Gasteiger partial charge in [0.1, 0.15) is 0 Å². The number of nitrogens with one attached hydrogen (secondary N) is 1. The molecule has 0 fully saturated rings. The summed E-state index contributed by atoms with van der Waals surface area (Å²) in [6.07, 6.45) is 2.12. The molecule has 13 heavy (non-hydrogen) atoms. The number of allylic oxidation sites excluding steroid dienone is 1. The lowest BCUT2D eigenvalue weighted by molar-refractivity contribution is 1.17. The van der Waals surface area contributed by atoms with Gasteiger partial charge in [0.15, 0.2) is 0 Å². The van der Waals surface area contributed by atoms with Gasteiger partial charge >= 0.3 is 0 Å². The Labute approximate surface area is 78.6 Å². The molecule has 0 radical (unpaired) electrons.